The van der Waals surface area contributed by atoms with Crippen LogP contribution in [0.4, 0.5) is 0 Å². The molecule has 7 heteroatoms. The molecule has 6 nitrogen and oxygen atoms in total. The van der Waals surface area contributed by atoms with Crippen molar-refractivity contribution in [3.63, 3.8) is 0 Å². The van der Waals surface area contributed by atoms with Gasteiger partial charge in [0.1, 0.15) is 0 Å². The summed E-state index contributed by atoms with van der Waals surface area (Å²) in [7, 11) is 0. The molecule has 1 aromatic carbocycles. The van der Waals surface area contributed by atoms with E-state index in [9.17, 15) is 4.79 Å². The summed E-state index contributed by atoms with van der Waals surface area (Å²) >= 11 is 5.97. The second-order valence-corrected chi connectivity index (χ2v) is 6.97. The quantitative estimate of drug-likeness (QED) is 0.563. The molecule has 3 aromatic heterocycles. The average Bonchev–Trinajstić information content (AvgIpc) is 3.10. The molecule has 0 aliphatic heterocycles. The van der Waals surface area contributed by atoms with Gasteiger partial charge in [-0.1, -0.05) is 23.7 Å². The maximum Gasteiger partial charge on any atom is 0.226 e. The van der Waals surface area contributed by atoms with Crippen LogP contribution in [0, 0.1) is 6.92 Å². The number of nitrogens with one attached hydrogen (secondary N) is 1. The highest BCUT2D eigenvalue weighted by Gasteiger charge is 2.10. The molecule has 4 rings (SSSR count). The van der Waals surface area contributed by atoms with E-state index < -0.39 is 0 Å². The molecule has 1 N–H and O–H groups in total. The fraction of sp³-hybridized carbons (Fsp3) is 0.143. The van der Waals surface area contributed by atoms with Crippen LogP contribution in [0.3, 0.4) is 0 Å². The van der Waals surface area contributed by atoms with Crippen molar-refractivity contribution < 1.29 is 4.79 Å². The zero-order chi connectivity index (χ0) is 19.5. The molecule has 0 radical (unpaired) electrons. The lowest BCUT2D eigenvalue weighted by atomic mass is 10.2. The number of carbonyl (C=O) groups is 1. The van der Waals surface area contributed by atoms with E-state index in [1.165, 1.54) is 0 Å². The monoisotopic (exact) mass is 391 g/mol. The normalized spacial score (nSPS) is 10.9. The Morgan fingerprint density at radius 1 is 1.14 bits per heavy atom. The van der Waals surface area contributed by atoms with Crippen LogP contribution in [0.2, 0.25) is 5.02 Å². The van der Waals surface area contributed by atoms with E-state index in [1.54, 1.807) is 24.7 Å². The molecule has 1 amide bonds. The lowest BCUT2D eigenvalue weighted by Crippen LogP contribution is -2.24. The summed E-state index contributed by atoms with van der Waals surface area (Å²) < 4.78 is 1.82. The summed E-state index contributed by atoms with van der Waals surface area (Å²) in [5, 5.41) is 8.93. The number of halogens is 1. The third kappa shape index (κ3) is 4.02. The Balaban J connectivity index is 1.47. The minimum absolute atomic E-state index is 0.0935. The van der Waals surface area contributed by atoms with Crippen molar-refractivity contribution in [2.75, 3.05) is 0 Å². The van der Waals surface area contributed by atoms with E-state index in [2.05, 4.69) is 20.4 Å². The number of carbonyl (C=O) groups excluding carboxylic acids is 1. The van der Waals surface area contributed by atoms with Crippen LogP contribution in [0.15, 0.2) is 61.1 Å². The molecule has 0 bridgehead atoms. The smallest absolute Gasteiger partial charge is 0.226 e. The number of amides is 1. The second kappa shape index (κ2) is 7.78. The van der Waals surface area contributed by atoms with Gasteiger partial charge in [0.2, 0.25) is 5.91 Å². The number of hydrogen-bond acceptors (Lipinski definition) is 4. The van der Waals surface area contributed by atoms with E-state index >= 15 is 0 Å². The summed E-state index contributed by atoms with van der Waals surface area (Å²) in [5.41, 5.74) is 4.38. The number of hydrogen-bond donors (Lipinski definition) is 1. The Morgan fingerprint density at radius 2 is 2.04 bits per heavy atom. The lowest BCUT2D eigenvalue weighted by Gasteiger charge is -2.07. The number of nitrogens with zero attached hydrogens (tertiary/aromatic N) is 4. The predicted molar refractivity (Wildman–Crippen MR) is 108 cm³/mol. The van der Waals surface area contributed by atoms with Crippen molar-refractivity contribution in [1.29, 1.82) is 0 Å². The van der Waals surface area contributed by atoms with Crippen LogP contribution in [-0.2, 0) is 17.8 Å². The zero-order valence-corrected chi connectivity index (χ0v) is 16.0. The fourth-order valence-electron chi connectivity index (χ4n) is 3.01. The first-order valence-electron chi connectivity index (χ1n) is 8.85. The van der Waals surface area contributed by atoms with Crippen molar-refractivity contribution in [1.82, 2.24) is 25.1 Å². The summed E-state index contributed by atoms with van der Waals surface area (Å²) in [6, 6.07) is 13.2. The van der Waals surface area contributed by atoms with E-state index in [0.29, 0.717) is 17.3 Å². The van der Waals surface area contributed by atoms with Gasteiger partial charge in [-0.3, -0.25) is 14.8 Å². The number of rotatable bonds is 5. The fourth-order valence-corrected chi connectivity index (χ4v) is 3.22. The molecule has 0 unspecified atom stereocenters. The Bertz CT molecular complexity index is 1150. The topological polar surface area (TPSA) is 72.7 Å². The number of benzene rings is 1. The maximum absolute atomic E-state index is 12.3. The molecular weight excluding hydrogens is 374 g/mol. The summed E-state index contributed by atoms with van der Waals surface area (Å²) in [4.78, 5) is 20.9. The van der Waals surface area contributed by atoms with E-state index in [0.717, 1.165) is 27.8 Å². The van der Waals surface area contributed by atoms with Crippen molar-refractivity contribution in [2.45, 2.75) is 19.9 Å². The van der Waals surface area contributed by atoms with Crippen LogP contribution in [0.5, 0.6) is 0 Å². The first kappa shape index (κ1) is 18.1. The molecule has 0 saturated heterocycles. The van der Waals surface area contributed by atoms with Crippen molar-refractivity contribution >= 4 is 28.4 Å². The first-order chi connectivity index (χ1) is 13.6. The first-order valence-corrected chi connectivity index (χ1v) is 9.23. The summed E-state index contributed by atoms with van der Waals surface area (Å²) in [6.45, 7) is 2.37. The van der Waals surface area contributed by atoms with Crippen molar-refractivity contribution in [3.8, 4) is 5.69 Å². The van der Waals surface area contributed by atoms with Crippen LogP contribution in [0.1, 0.15) is 17.0 Å². The van der Waals surface area contributed by atoms with Gasteiger partial charge >= 0.3 is 0 Å². The molecule has 4 aromatic rings. The van der Waals surface area contributed by atoms with Crippen molar-refractivity contribution in [3.05, 3.63) is 83.0 Å². The molecule has 3 heterocycles. The van der Waals surface area contributed by atoms with Gasteiger partial charge in [-0.2, -0.15) is 5.10 Å². The van der Waals surface area contributed by atoms with Gasteiger partial charge in [0, 0.05) is 28.8 Å². The molecule has 0 spiro atoms. The van der Waals surface area contributed by atoms with Gasteiger partial charge < -0.3 is 5.32 Å². The summed E-state index contributed by atoms with van der Waals surface area (Å²) in [5.74, 6) is -0.0935. The minimum atomic E-state index is -0.0935. The van der Waals surface area contributed by atoms with Crippen LogP contribution in [-0.4, -0.2) is 25.7 Å². The molecular formula is C21H18ClN5O. The van der Waals surface area contributed by atoms with Crippen LogP contribution >= 0.6 is 11.6 Å². The minimum Gasteiger partial charge on any atom is -0.352 e. The summed E-state index contributed by atoms with van der Waals surface area (Å²) in [6.07, 6.45) is 5.48. The average molecular weight is 392 g/mol. The van der Waals surface area contributed by atoms with E-state index in [1.807, 2.05) is 48.0 Å². The van der Waals surface area contributed by atoms with Crippen molar-refractivity contribution in [2.24, 2.45) is 0 Å². The Hall–Kier alpha value is -3.25. The highest BCUT2D eigenvalue weighted by molar-refractivity contribution is 6.30. The Morgan fingerprint density at radius 3 is 2.86 bits per heavy atom. The largest absolute Gasteiger partial charge is 0.352 e. The standard InChI is InChI=1S/C21H18ClN5O/c1-14-7-19(5-6-23-14)27-20-13-24-18(9-16(20)12-26-27)10-21(28)25-11-15-3-2-4-17(22)8-15/h2-9,12-13H,10-11H2,1H3,(H,25,28). The third-order valence-corrected chi connectivity index (χ3v) is 4.59. The van der Waals surface area contributed by atoms with Gasteiger partial charge in [-0.05, 0) is 42.8 Å². The second-order valence-electron chi connectivity index (χ2n) is 6.53. The molecule has 0 saturated carbocycles. The van der Waals surface area contributed by atoms with Crippen LogP contribution in [0.25, 0.3) is 16.6 Å². The molecule has 0 atom stereocenters. The molecule has 28 heavy (non-hydrogen) atoms. The van der Waals surface area contributed by atoms with Gasteiger partial charge in [0.25, 0.3) is 0 Å². The number of aryl methyl sites for hydroxylation is 1. The Kier molecular flexibility index (Phi) is 5.04. The third-order valence-electron chi connectivity index (χ3n) is 4.36. The number of fused-ring (bicyclic) bond motifs is 1. The number of pyridine rings is 2. The highest BCUT2D eigenvalue weighted by atomic mass is 35.5. The molecule has 0 aliphatic rings. The number of aromatic nitrogens is 4. The van der Waals surface area contributed by atoms with Crippen LogP contribution < -0.4 is 5.32 Å². The van der Waals surface area contributed by atoms with Gasteiger partial charge in [0.05, 0.1) is 35.7 Å². The molecule has 140 valence electrons. The van der Waals surface area contributed by atoms with E-state index in [-0.39, 0.29) is 12.3 Å². The SMILES string of the molecule is Cc1cc(-n2ncc3cc(CC(=O)NCc4cccc(Cl)c4)ncc32)ccn1. The molecule has 0 fully saturated rings. The zero-order valence-electron chi connectivity index (χ0n) is 15.3. The van der Waals surface area contributed by atoms with Gasteiger partial charge in [0.15, 0.2) is 0 Å². The molecule has 0 aliphatic carbocycles. The van der Waals surface area contributed by atoms with Gasteiger partial charge in [-0.25, -0.2) is 4.68 Å². The van der Waals surface area contributed by atoms with Gasteiger partial charge in [-0.15, -0.1) is 0 Å². The predicted octanol–water partition coefficient (Wildman–Crippen LogP) is 3.64. The highest BCUT2D eigenvalue weighted by Crippen LogP contribution is 2.19. The maximum atomic E-state index is 12.3. The Labute approximate surface area is 167 Å². The lowest BCUT2D eigenvalue weighted by molar-refractivity contribution is -0.120. The van der Waals surface area contributed by atoms with E-state index in [4.69, 9.17) is 11.6 Å².